The molecule has 2 heteroatoms. The molecule has 0 heterocycles. The lowest BCUT2D eigenvalue weighted by atomic mass is 10.1. The standard InChI is InChI=1S/C13H22O2/c1-3-5-7-9-11-12(13(14)15)10-8-6-4-2/h4,10H,2-3,5-9,11H2,1H3,(H,14,15). The summed E-state index contributed by atoms with van der Waals surface area (Å²) in [4.78, 5) is 10.9. The van der Waals surface area contributed by atoms with Gasteiger partial charge in [0, 0.05) is 5.57 Å². The van der Waals surface area contributed by atoms with Gasteiger partial charge in [0.1, 0.15) is 0 Å². The van der Waals surface area contributed by atoms with Crippen molar-refractivity contribution in [1.82, 2.24) is 0 Å². The van der Waals surface area contributed by atoms with Gasteiger partial charge in [0.05, 0.1) is 0 Å². The fraction of sp³-hybridized carbons (Fsp3) is 0.615. The molecular weight excluding hydrogens is 188 g/mol. The summed E-state index contributed by atoms with van der Waals surface area (Å²) in [5.41, 5.74) is 0.563. The van der Waals surface area contributed by atoms with Gasteiger partial charge in [-0.2, -0.15) is 0 Å². The van der Waals surface area contributed by atoms with E-state index in [1.807, 2.05) is 12.2 Å². The zero-order valence-electron chi connectivity index (χ0n) is 9.67. The first-order valence-corrected chi connectivity index (χ1v) is 5.75. The van der Waals surface area contributed by atoms with E-state index in [1.54, 1.807) is 0 Å². The Morgan fingerprint density at radius 2 is 2.00 bits per heavy atom. The minimum atomic E-state index is -0.768. The van der Waals surface area contributed by atoms with E-state index in [2.05, 4.69) is 13.5 Å². The molecule has 0 aromatic carbocycles. The minimum absolute atomic E-state index is 0.563. The summed E-state index contributed by atoms with van der Waals surface area (Å²) >= 11 is 0. The van der Waals surface area contributed by atoms with Crippen LogP contribution in [0.15, 0.2) is 24.3 Å². The molecule has 0 spiro atoms. The second-order valence-corrected chi connectivity index (χ2v) is 3.71. The molecule has 0 radical (unpaired) electrons. The normalized spacial score (nSPS) is 11.4. The number of aliphatic carboxylic acids is 1. The Balaban J connectivity index is 3.87. The van der Waals surface area contributed by atoms with Crippen molar-refractivity contribution in [3.63, 3.8) is 0 Å². The fourth-order valence-corrected chi connectivity index (χ4v) is 1.41. The third kappa shape index (κ3) is 7.98. The molecular formula is C13H22O2. The van der Waals surface area contributed by atoms with E-state index in [-0.39, 0.29) is 0 Å². The molecule has 15 heavy (non-hydrogen) atoms. The SMILES string of the molecule is C=CCCC=C(CCCCCC)C(=O)O. The average molecular weight is 210 g/mol. The zero-order chi connectivity index (χ0) is 11.5. The van der Waals surface area contributed by atoms with E-state index in [4.69, 9.17) is 5.11 Å². The number of carboxylic acid groups (broad SMARTS) is 1. The maximum absolute atomic E-state index is 10.9. The molecule has 0 atom stereocenters. The average Bonchev–Trinajstić information content (AvgIpc) is 2.21. The Hall–Kier alpha value is -1.05. The van der Waals surface area contributed by atoms with Crippen LogP contribution < -0.4 is 0 Å². The topological polar surface area (TPSA) is 37.3 Å². The molecule has 86 valence electrons. The molecule has 1 N–H and O–H groups in total. The molecule has 2 nitrogen and oxygen atoms in total. The number of allylic oxidation sites excluding steroid dienone is 2. The number of hydrogen-bond acceptors (Lipinski definition) is 1. The quantitative estimate of drug-likeness (QED) is 0.355. The maximum atomic E-state index is 10.9. The van der Waals surface area contributed by atoms with E-state index in [1.165, 1.54) is 12.8 Å². The molecule has 0 unspecified atom stereocenters. The largest absolute Gasteiger partial charge is 0.478 e. The predicted molar refractivity (Wildman–Crippen MR) is 63.9 cm³/mol. The van der Waals surface area contributed by atoms with Gasteiger partial charge in [0.2, 0.25) is 0 Å². The van der Waals surface area contributed by atoms with Crippen LogP contribution >= 0.6 is 0 Å². The number of rotatable bonds is 9. The van der Waals surface area contributed by atoms with Crippen LogP contribution in [0, 0.1) is 0 Å². The summed E-state index contributed by atoms with van der Waals surface area (Å²) in [7, 11) is 0. The second-order valence-electron chi connectivity index (χ2n) is 3.71. The highest BCUT2D eigenvalue weighted by atomic mass is 16.4. The van der Waals surface area contributed by atoms with Crippen LogP contribution in [0.5, 0.6) is 0 Å². The highest BCUT2D eigenvalue weighted by Crippen LogP contribution is 2.11. The lowest BCUT2D eigenvalue weighted by Gasteiger charge is -2.02. The summed E-state index contributed by atoms with van der Waals surface area (Å²) in [5.74, 6) is -0.768. The van der Waals surface area contributed by atoms with Crippen molar-refractivity contribution in [3.05, 3.63) is 24.3 Å². The van der Waals surface area contributed by atoms with E-state index in [0.29, 0.717) is 12.0 Å². The van der Waals surface area contributed by atoms with Gasteiger partial charge in [0.25, 0.3) is 0 Å². The number of unbranched alkanes of at least 4 members (excludes halogenated alkanes) is 4. The van der Waals surface area contributed by atoms with Crippen molar-refractivity contribution in [3.8, 4) is 0 Å². The third-order valence-corrected chi connectivity index (χ3v) is 2.34. The van der Waals surface area contributed by atoms with Crippen LogP contribution in [-0.4, -0.2) is 11.1 Å². The Labute approximate surface area is 92.7 Å². The van der Waals surface area contributed by atoms with Crippen LogP contribution in [0.2, 0.25) is 0 Å². The summed E-state index contributed by atoms with van der Waals surface area (Å²) in [6.07, 6.45) is 10.5. The van der Waals surface area contributed by atoms with Crippen LogP contribution in [0.1, 0.15) is 51.9 Å². The molecule has 0 rings (SSSR count). The van der Waals surface area contributed by atoms with Crippen molar-refractivity contribution in [2.24, 2.45) is 0 Å². The smallest absolute Gasteiger partial charge is 0.331 e. The Kier molecular flexibility index (Phi) is 8.84. The van der Waals surface area contributed by atoms with E-state index < -0.39 is 5.97 Å². The van der Waals surface area contributed by atoms with Gasteiger partial charge in [-0.25, -0.2) is 4.79 Å². The van der Waals surface area contributed by atoms with Gasteiger partial charge in [-0.15, -0.1) is 6.58 Å². The predicted octanol–water partition coefficient (Wildman–Crippen LogP) is 3.93. The monoisotopic (exact) mass is 210 g/mol. The number of hydrogen-bond donors (Lipinski definition) is 1. The first kappa shape index (κ1) is 13.9. The molecule has 0 aliphatic carbocycles. The fourth-order valence-electron chi connectivity index (χ4n) is 1.41. The van der Waals surface area contributed by atoms with Crippen LogP contribution in [0.3, 0.4) is 0 Å². The van der Waals surface area contributed by atoms with E-state index in [0.717, 1.165) is 25.7 Å². The highest BCUT2D eigenvalue weighted by molar-refractivity contribution is 5.86. The maximum Gasteiger partial charge on any atom is 0.331 e. The molecule has 0 aromatic heterocycles. The molecule has 0 fully saturated rings. The summed E-state index contributed by atoms with van der Waals surface area (Å²) in [6, 6.07) is 0. The van der Waals surface area contributed by atoms with E-state index >= 15 is 0 Å². The molecule has 0 aliphatic rings. The Morgan fingerprint density at radius 3 is 2.53 bits per heavy atom. The lowest BCUT2D eigenvalue weighted by Crippen LogP contribution is -2.00. The number of carboxylic acids is 1. The van der Waals surface area contributed by atoms with Gasteiger partial charge in [-0.05, 0) is 25.7 Å². The minimum Gasteiger partial charge on any atom is -0.478 e. The zero-order valence-corrected chi connectivity index (χ0v) is 9.67. The van der Waals surface area contributed by atoms with Crippen molar-refractivity contribution in [2.45, 2.75) is 51.9 Å². The van der Waals surface area contributed by atoms with Crippen molar-refractivity contribution in [1.29, 1.82) is 0 Å². The van der Waals surface area contributed by atoms with Crippen molar-refractivity contribution < 1.29 is 9.90 Å². The van der Waals surface area contributed by atoms with E-state index in [9.17, 15) is 4.79 Å². The summed E-state index contributed by atoms with van der Waals surface area (Å²) < 4.78 is 0. The highest BCUT2D eigenvalue weighted by Gasteiger charge is 2.05. The number of carbonyl (C=O) groups is 1. The second kappa shape index (κ2) is 9.50. The lowest BCUT2D eigenvalue weighted by molar-refractivity contribution is -0.132. The molecule has 0 aromatic rings. The van der Waals surface area contributed by atoms with Gasteiger partial charge < -0.3 is 5.11 Å². The first-order valence-electron chi connectivity index (χ1n) is 5.75. The van der Waals surface area contributed by atoms with Gasteiger partial charge in [-0.1, -0.05) is 38.3 Å². The Bertz CT molecular complexity index is 217. The molecule has 0 amide bonds. The Morgan fingerprint density at radius 1 is 1.27 bits per heavy atom. The van der Waals surface area contributed by atoms with Crippen LogP contribution in [0.25, 0.3) is 0 Å². The van der Waals surface area contributed by atoms with Crippen LogP contribution in [-0.2, 0) is 4.79 Å². The van der Waals surface area contributed by atoms with Crippen LogP contribution in [0.4, 0.5) is 0 Å². The van der Waals surface area contributed by atoms with Gasteiger partial charge in [-0.3, -0.25) is 0 Å². The molecule has 0 saturated heterocycles. The van der Waals surface area contributed by atoms with Crippen molar-refractivity contribution >= 4 is 5.97 Å². The third-order valence-electron chi connectivity index (χ3n) is 2.34. The molecule has 0 bridgehead atoms. The van der Waals surface area contributed by atoms with Gasteiger partial charge >= 0.3 is 5.97 Å². The molecule has 0 aliphatic heterocycles. The van der Waals surface area contributed by atoms with Gasteiger partial charge in [0.15, 0.2) is 0 Å². The summed E-state index contributed by atoms with van der Waals surface area (Å²) in [6.45, 7) is 5.76. The summed E-state index contributed by atoms with van der Waals surface area (Å²) in [5, 5.41) is 8.93. The van der Waals surface area contributed by atoms with Crippen molar-refractivity contribution in [2.75, 3.05) is 0 Å². The first-order chi connectivity index (χ1) is 7.22. The molecule has 0 saturated carbocycles.